The minimum Gasteiger partial charge on any atom is -0.496 e. The molecule has 90 valence electrons. The summed E-state index contributed by atoms with van der Waals surface area (Å²) in [6.07, 6.45) is 0. The van der Waals surface area contributed by atoms with Gasteiger partial charge in [-0.3, -0.25) is 0 Å². The summed E-state index contributed by atoms with van der Waals surface area (Å²) in [5.41, 5.74) is 6.57. The maximum atomic E-state index is 13.5. The average Bonchev–Trinajstić information content (AvgIpc) is 2.30. The van der Waals surface area contributed by atoms with Crippen LogP contribution in [0.2, 0.25) is 0 Å². The zero-order valence-electron chi connectivity index (χ0n) is 9.37. The largest absolute Gasteiger partial charge is 0.496 e. The van der Waals surface area contributed by atoms with Crippen molar-refractivity contribution in [3.05, 3.63) is 29.1 Å². The third-order valence-corrected chi connectivity index (χ3v) is 2.32. The first-order valence-corrected chi connectivity index (χ1v) is 4.86. The maximum Gasteiger partial charge on any atom is 0.132 e. The molecule has 0 saturated carbocycles. The summed E-state index contributed by atoms with van der Waals surface area (Å²) >= 11 is 0. The number of hydrogen-bond acceptors (Lipinski definition) is 4. The van der Waals surface area contributed by atoms with E-state index >= 15 is 0 Å². The second kappa shape index (κ2) is 5.79. The fourth-order valence-electron chi connectivity index (χ4n) is 1.53. The van der Waals surface area contributed by atoms with Crippen LogP contribution in [0.5, 0.6) is 5.75 Å². The predicted molar refractivity (Wildman–Crippen MR) is 57.7 cm³/mol. The Morgan fingerprint density at radius 2 is 2.12 bits per heavy atom. The van der Waals surface area contributed by atoms with Crippen LogP contribution in [0.4, 0.5) is 4.39 Å². The van der Waals surface area contributed by atoms with Crippen molar-refractivity contribution in [1.29, 1.82) is 0 Å². The van der Waals surface area contributed by atoms with Crippen LogP contribution in [0.25, 0.3) is 0 Å². The zero-order valence-corrected chi connectivity index (χ0v) is 9.37. The molecule has 0 aromatic heterocycles. The molecule has 0 aliphatic carbocycles. The number of aliphatic hydroxyl groups excluding tert-OH is 1. The summed E-state index contributed by atoms with van der Waals surface area (Å²) in [6, 6.07) is 2.21. The molecule has 1 unspecified atom stereocenters. The fourth-order valence-corrected chi connectivity index (χ4v) is 1.53. The molecule has 0 radical (unpaired) electrons. The van der Waals surface area contributed by atoms with Gasteiger partial charge in [-0.05, 0) is 6.07 Å². The topological polar surface area (TPSA) is 64.7 Å². The van der Waals surface area contributed by atoms with E-state index in [2.05, 4.69) is 0 Å². The second-order valence-electron chi connectivity index (χ2n) is 3.37. The van der Waals surface area contributed by atoms with Crippen molar-refractivity contribution in [3.63, 3.8) is 0 Å². The fraction of sp³-hybridized carbons (Fsp3) is 0.455. The molecular weight excluding hydrogens is 213 g/mol. The van der Waals surface area contributed by atoms with Crippen LogP contribution < -0.4 is 10.5 Å². The Hall–Kier alpha value is -1.17. The smallest absolute Gasteiger partial charge is 0.132 e. The molecular formula is C11H16FNO3. The first-order chi connectivity index (χ1) is 7.65. The molecule has 0 amide bonds. The first kappa shape index (κ1) is 12.9. The Balaban J connectivity index is 3.24. The summed E-state index contributed by atoms with van der Waals surface area (Å²) in [5.74, 6) is -0.0732. The van der Waals surface area contributed by atoms with Gasteiger partial charge in [0.2, 0.25) is 0 Å². The van der Waals surface area contributed by atoms with E-state index in [0.29, 0.717) is 16.9 Å². The summed E-state index contributed by atoms with van der Waals surface area (Å²) in [7, 11) is 2.90. The molecule has 4 nitrogen and oxygen atoms in total. The third kappa shape index (κ3) is 2.49. The molecule has 0 aliphatic heterocycles. The third-order valence-electron chi connectivity index (χ3n) is 2.32. The van der Waals surface area contributed by atoms with Gasteiger partial charge in [0.1, 0.15) is 11.6 Å². The number of aliphatic hydroxyl groups is 1. The van der Waals surface area contributed by atoms with E-state index in [0.717, 1.165) is 0 Å². The molecule has 0 saturated heterocycles. The van der Waals surface area contributed by atoms with E-state index in [1.54, 1.807) is 0 Å². The van der Waals surface area contributed by atoms with Gasteiger partial charge in [-0.15, -0.1) is 0 Å². The van der Waals surface area contributed by atoms with Crippen LogP contribution in [0.15, 0.2) is 12.1 Å². The number of hydrogen-bond donors (Lipinski definition) is 2. The van der Waals surface area contributed by atoms with Gasteiger partial charge in [0.05, 0.1) is 31.9 Å². The number of ether oxygens (including phenoxy) is 2. The van der Waals surface area contributed by atoms with Crippen molar-refractivity contribution in [2.24, 2.45) is 5.73 Å². The lowest BCUT2D eigenvalue weighted by molar-refractivity contribution is 0.177. The van der Waals surface area contributed by atoms with Crippen molar-refractivity contribution in [2.45, 2.75) is 12.6 Å². The minimum absolute atomic E-state index is 0.0982. The van der Waals surface area contributed by atoms with E-state index in [9.17, 15) is 4.39 Å². The summed E-state index contributed by atoms with van der Waals surface area (Å²) in [4.78, 5) is 0. The Kier molecular flexibility index (Phi) is 4.67. The lowest BCUT2D eigenvalue weighted by Gasteiger charge is -2.17. The van der Waals surface area contributed by atoms with Crippen molar-refractivity contribution < 1.29 is 19.0 Å². The highest BCUT2D eigenvalue weighted by Crippen LogP contribution is 2.30. The highest BCUT2D eigenvalue weighted by Gasteiger charge is 2.18. The van der Waals surface area contributed by atoms with E-state index in [4.69, 9.17) is 20.3 Å². The zero-order chi connectivity index (χ0) is 12.1. The summed E-state index contributed by atoms with van der Waals surface area (Å²) in [5, 5.41) is 8.99. The van der Waals surface area contributed by atoms with Gasteiger partial charge >= 0.3 is 0 Å². The molecule has 0 bridgehead atoms. The second-order valence-corrected chi connectivity index (χ2v) is 3.37. The highest BCUT2D eigenvalue weighted by atomic mass is 19.1. The van der Waals surface area contributed by atoms with Crippen LogP contribution in [0.1, 0.15) is 17.2 Å². The van der Waals surface area contributed by atoms with Crippen LogP contribution in [0, 0.1) is 5.82 Å². The van der Waals surface area contributed by atoms with Crippen LogP contribution in [0.3, 0.4) is 0 Å². The normalized spacial score (nSPS) is 12.6. The molecule has 1 atom stereocenters. The van der Waals surface area contributed by atoms with Crippen molar-refractivity contribution in [2.75, 3.05) is 20.8 Å². The van der Waals surface area contributed by atoms with Crippen molar-refractivity contribution in [1.82, 2.24) is 0 Å². The SMILES string of the molecule is COCc1c(F)ccc(C(N)CO)c1OC. The summed E-state index contributed by atoms with van der Waals surface area (Å²) in [6.45, 7) is -0.130. The lowest BCUT2D eigenvalue weighted by Crippen LogP contribution is -2.16. The summed E-state index contributed by atoms with van der Waals surface area (Å²) < 4.78 is 23.5. The monoisotopic (exact) mass is 229 g/mol. The minimum atomic E-state index is -0.592. The number of nitrogens with two attached hydrogens (primary N) is 1. The van der Waals surface area contributed by atoms with Crippen molar-refractivity contribution in [3.8, 4) is 5.75 Å². The standard InChI is InChI=1S/C11H16FNO3/c1-15-6-8-9(12)4-3-7(10(13)5-14)11(8)16-2/h3-4,10,14H,5-6,13H2,1-2H3. The molecule has 5 heteroatoms. The van der Waals surface area contributed by atoms with Crippen LogP contribution in [-0.4, -0.2) is 25.9 Å². The van der Waals surface area contributed by atoms with Gasteiger partial charge < -0.3 is 20.3 Å². The molecule has 1 aromatic carbocycles. The van der Waals surface area contributed by atoms with Gasteiger partial charge in [0.25, 0.3) is 0 Å². The molecule has 3 N–H and O–H groups in total. The lowest BCUT2D eigenvalue weighted by atomic mass is 10.0. The number of rotatable bonds is 5. The quantitative estimate of drug-likeness (QED) is 0.789. The number of halogens is 1. The molecule has 0 aliphatic rings. The molecule has 0 heterocycles. The number of benzene rings is 1. The first-order valence-electron chi connectivity index (χ1n) is 4.86. The predicted octanol–water partition coefficient (Wildman–Crippen LogP) is 0.973. The Morgan fingerprint density at radius 1 is 1.44 bits per heavy atom. The van der Waals surface area contributed by atoms with E-state index in [1.807, 2.05) is 0 Å². The Bertz CT molecular complexity index is 357. The maximum absolute atomic E-state index is 13.5. The molecule has 16 heavy (non-hydrogen) atoms. The van der Waals surface area contributed by atoms with Crippen LogP contribution in [-0.2, 0) is 11.3 Å². The molecule has 0 fully saturated rings. The van der Waals surface area contributed by atoms with Gasteiger partial charge in [0.15, 0.2) is 0 Å². The molecule has 0 spiro atoms. The van der Waals surface area contributed by atoms with Crippen molar-refractivity contribution >= 4 is 0 Å². The Labute approximate surface area is 93.8 Å². The van der Waals surface area contributed by atoms with Gasteiger partial charge in [-0.2, -0.15) is 0 Å². The highest BCUT2D eigenvalue weighted by molar-refractivity contribution is 5.44. The van der Waals surface area contributed by atoms with Crippen LogP contribution >= 0.6 is 0 Å². The van der Waals surface area contributed by atoms with E-state index in [-0.39, 0.29) is 13.2 Å². The van der Waals surface area contributed by atoms with Gasteiger partial charge in [-0.25, -0.2) is 4.39 Å². The molecule has 1 rings (SSSR count). The average molecular weight is 229 g/mol. The van der Waals surface area contributed by atoms with E-state index < -0.39 is 11.9 Å². The van der Waals surface area contributed by atoms with E-state index in [1.165, 1.54) is 26.4 Å². The molecule has 1 aromatic rings. The van der Waals surface area contributed by atoms with Gasteiger partial charge in [0, 0.05) is 12.7 Å². The van der Waals surface area contributed by atoms with Gasteiger partial charge in [-0.1, -0.05) is 6.07 Å². The Morgan fingerprint density at radius 3 is 2.62 bits per heavy atom. The number of methoxy groups -OCH3 is 2.